The van der Waals surface area contributed by atoms with Gasteiger partial charge in [0.15, 0.2) is 11.5 Å². The predicted molar refractivity (Wildman–Crippen MR) is 74.7 cm³/mol. The minimum absolute atomic E-state index is 0.376. The van der Waals surface area contributed by atoms with Gasteiger partial charge in [-0.1, -0.05) is 0 Å². The van der Waals surface area contributed by atoms with Crippen LogP contribution in [-0.4, -0.2) is 26.8 Å². The molecule has 0 aliphatic carbocycles. The van der Waals surface area contributed by atoms with Gasteiger partial charge in [-0.05, 0) is 26.0 Å². The molecule has 0 amide bonds. The van der Waals surface area contributed by atoms with Gasteiger partial charge in [0.1, 0.15) is 0 Å². The lowest BCUT2D eigenvalue weighted by Crippen LogP contribution is -2.30. The number of nitrogens with zero attached hydrogens (tertiary/aromatic N) is 2. The van der Waals surface area contributed by atoms with E-state index in [1.165, 1.54) is 0 Å². The Bertz CT molecular complexity index is 491. The summed E-state index contributed by atoms with van der Waals surface area (Å²) < 4.78 is 11.3. The first kappa shape index (κ1) is 13.5. The van der Waals surface area contributed by atoms with E-state index in [2.05, 4.69) is 11.0 Å². The number of hydrogen-bond acceptors (Lipinski definition) is 4. The summed E-state index contributed by atoms with van der Waals surface area (Å²) in [5.74, 6) is 1.59. The highest BCUT2D eigenvalue weighted by atomic mass is 16.5. The van der Waals surface area contributed by atoms with Gasteiger partial charge in [0.25, 0.3) is 0 Å². The van der Waals surface area contributed by atoms with E-state index >= 15 is 0 Å². The van der Waals surface area contributed by atoms with E-state index in [4.69, 9.17) is 14.7 Å². The summed E-state index contributed by atoms with van der Waals surface area (Å²) in [7, 11) is 1.98. The first-order valence-corrected chi connectivity index (χ1v) is 6.54. The van der Waals surface area contributed by atoms with Gasteiger partial charge in [-0.25, -0.2) is 0 Å². The molecule has 0 saturated heterocycles. The van der Waals surface area contributed by atoms with Gasteiger partial charge in [-0.3, -0.25) is 0 Å². The summed E-state index contributed by atoms with van der Waals surface area (Å²) in [5, 5.41) is 9.10. The van der Waals surface area contributed by atoms with E-state index < -0.39 is 0 Å². The Labute approximate surface area is 114 Å². The highest BCUT2D eigenvalue weighted by molar-refractivity contribution is 5.56. The van der Waals surface area contributed by atoms with Crippen molar-refractivity contribution < 1.29 is 9.47 Å². The summed E-state index contributed by atoms with van der Waals surface area (Å²) >= 11 is 0. The first-order valence-electron chi connectivity index (χ1n) is 6.54. The van der Waals surface area contributed by atoms with Crippen LogP contribution in [0.25, 0.3) is 0 Å². The minimum Gasteiger partial charge on any atom is -0.490 e. The van der Waals surface area contributed by atoms with Crippen molar-refractivity contribution in [3.63, 3.8) is 0 Å². The van der Waals surface area contributed by atoms with Gasteiger partial charge in [-0.2, -0.15) is 5.26 Å². The van der Waals surface area contributed by atoms with Crippen LogP contribution in [0.1, 0.15) is 20.3 Å². The highest BCUT2D eigenvalue weighted by Gasteiger charge is 2.20. The number of ether oxygens (including phenoxy) is 2. The second-order valence-electron chi connectivity index (χ2n) is 5.53. The van der Waals surface area contributed by atoms with E-state index in [1.54, 1.807) is 0 Å². The van der Waals surface area contributed by atoms with Crippen molar-refractivity contribution >= 4 is 5.69 Å². The van der Waals surface area contributed by atoms with Crippen molar-refractivity contribution in [3.05, 3.63) is 18.2 Å². The van der Waals surface area contributed by atoms with Crippen molar-refractivity contribution in [2.24, 2.45) is 5.41 Å². The molecule has 1 aliphatic heterocycles. The van der Waals surface area contributed by atoms with Crippen molar-refractivity contribution in [2.75, 3.05) is 31.7 Å². The molecule has 0 fully saturated rings. The Hall–Kier alpha value is -1.89. The lowest BCUT2D eigenvalue weighted by atomic mass is 9.95. The topological polar surface area (TPSA) is 45.5 Å². The number of nitriles is 1. The lowest BCUT2D eigenvalue weighted by molar-refractivity contribution is 0.297. The molecule has 4 heteroatoms. The van der Waals surface area contributed by atoms with Crippen LogP contribution in [0, 0.1) is 16.7 Å². The average Bonchev–Trinajstić information content (AvgIpc) is 2.62. The quantitative estimate of drug-likeness (QED) is 0.838. The van der Waals surface area contributed by atoms with Crippen molar-refractivity contribution in [1.82, 2.24) is 0 Å². The van der Waals surface area contributed by atoms with Gasteiger partial charge >= 0.3 is 0 Å². The van der Waals surface area contributed by atoms with Gasteiger partial charge in [0, 0.05) is 31.8 Å². The second kappa shape index (κ2) is 5.40. The molecule has 0 aromatic heterocycles. The molecule has 0 bridgehead atoms. The van der Waals surface area contributed by atoms with Crippen molar-refractivity contribution in [2.45, 2.75) is 20.3 Å². The molecule has 19 heavy (non-hydrogen) atoms. The molecule has 1 aromatic carbocycles. The summed E-state index contributed by atoms with van der Waals surface area (Å²) in [6, 6.07) is 8.23. The number of hydrogen-bond donors (Lipinski definition) is 0. The normalized spacial score (nSPS) is 14.4. The van der Waals surface area contributed by atoms with Crippen molar-refractivity contribution in [1.29, 1.82) is 5.26 Å². The van der Waals surface area contributed by atoms with Crippen molar-refractivity contribution in [3.8, 4) is 17.6 Å². The largest absolute Gasteiger partial charge is 0.490 e. The van der Waals surface area contributed by atoms with E-state index in [-0.39, 0.29) is 5.41 Å². The zero-order valence-electron chi connectivity index (χ0n) is 11.8. The van der Waals surface area contributed by atoms with Crippen LogP contribution in [0.4, 0.5) is 5.69 Å². The van der Waals surface area contributed by atoms with Gasteiger partial charge in [0.2, 0.25) is 0 Å². The first-order chi connectivity index (χ1) is 9.02. The fourth-order valence-corrected chi connectivity index (χ4v) is 2.11. The standard InChI is InChI=1S/C15H20N2O2/c1-15(2,10-16)11-17(3)12-5-6-13-14(9-12)19-8-4-7-18-13/h5-6,9H,4,7-8,11H2,1-3H3. The summed E-state index contributed by atoms with van der Waals surface area (Å²) in [5.41, 5.74) is 0.659. The van der Waals surface area contributed by atoms with E-state index in [9.17, 15) is 0 Å². The smallest absolute Gasteiger partial charge is 0.163 e. The van der Waals surface area contributed by atoms with Gasteiger partial charge in [0.05, 0.1) is 24.7 Å². The van der Waals surface area contributed by atoms with Crippen LogP contribution >= 0.6 is 0 Å². The average molecular weight is 260 g/mol. The van der Waals surface area contributed by atoms with Crippen LogP contribution in [0.15, 0.2) is 18.2 Å². The SMILES string of the molecule is CN(CC(C)(C)C#N)c1ccc2c(c1)OCCCO2. The molecule has 1 aliphatic rings. The molecule has 1 heterocycles. The maximum absolute atomic E-state index is 9.10. The van der Waals surface area contributed by atoms with Crippen LogP contribution in [-0.2, 0) is 0 Å². The van der Waals surface area contributed by atoms with E-state index in [1.807, 2.05) is 39.1 Å². The molecule has 0 atom stereocenters. The molecule has 4 nitrogen and oxygen atoms in total. The number of fused-ring (bicyclic) bond motifs is 1. The zero-order valence-corrected chi connectivity index (χ0v) is 11.8. The molecule has 0 spiro atoms. The predicted octanol–water partition coefficient (Wildman–Crippen LogP) is 2.83. The Kier molecular flexibility index (Phi) is 3.84. The Morgan fingerprint density at radius 1 is 1.26 bits per heavy atom. The molecule has 0 unspecified atom stereocenters. The Balaban J connectivity index is 2.17. The second-order valence-corrected chi connectivity index (χ2v) is 5.53. The van der Waals surface area contributed by atoms with Crippen LogP contribution in [0.3, 0.4) is 0 Å². The highest BCUT2D eigenvalue weighted by Crippen LogP contribution is 2.34. The summed E-state index contributed by atoms with van der Waals surface area (Å²) in [6.07, 6.45) is 0.904. The van der Waals surface area contributed by atoms with Gasteiger partial charge < -0.3 is 14.4 Å². The third-order valence-corrected chi connectivity index (χ3v) is 3.11. The molecular formula is C15H20N2O2. The molecular weight excluding hydrogens is 240 g/mol. The minimum atomic E-state index is -0.376. The molecule has 0 saturated carbocycles. The zero-order chi connectivity index (χ0) is 13.9. The Morgan fingerprint density at radius 3 is 2.63 bits per heavy atom. The van der Waals surface area contributed by atoms with E-state index in [0.29, 0.717) is 19.8 Å². The fraction of sp³-hybridized carbons (Fsp3) is 0.533. The molecule has 2 rings (SSSR count). The van der Waals surface area contributed by atoms with Crippen LogP contribution in [0.2, 0.25) is 0 Å². The lowest BCUT2D eigenvalue weighted by Gasteiger charge is -2.26. The third kappa shape index (κ3) is 3.31. The van der Waals surface area contributed by atoms with E-state index in [0.717, 1.165) is 23.6 Å². The molecule has 0 radical (unpaired) electrons. The van der Waals surface area contributed by atoms with Crippen LogP contribution < -0.4 is 14.4 Å². The summed E-state index contributed by atoms with van der Waals surface area (Å²) in [6.45, 7) is 5.93. The maximum Gasteiger partial charge on any atom is 0.163 e. The molecule has 1 aromatic rings. The number of anilines is 1. The fourth-order valence-electron chi connectivity index (χ4n) is 2.11. The summed E-state index contributed by atoms with van der Waals surface area (Å²) in [4.78, 5) is 2.07. The Morgan fingerprint density at radius 2 is 1.95 bits per heavy atom. The number of rotatable bonds is 3. The monoisotopic (exact) mass is 260 g/mol. The van der Waals surface area contributed by atoms with Gasteiger partial charge in [-0.15, -0.1) is 0 Å². The molecule has 102 valence electrons. The molecule has 0 N–H and O–H groups in total. The maximum atomic E-state index is 9.10. The van der Waals surface area contributed by atoms with Crippen LogP contribution in [0.5, 0.6) is 11.5 Å². The number of benzene rings is 1. The third-order valence-electron chi connectivity index (χ3n) is 3.11.